The zero-order valence-electron chi connectivity index (χ0n) is 8.92. The summed E-state index contributed by atoms with van der Waals surface area (Å²) < 4.78 is 4.44. The molecule has 0 saturated heterocycles. The number of carbonyl (C=O) groups is 1. The molecule has 0 aliphatic heterocycles. The predicted molar refractivity (Wildman–Crippen MR) is 59.6 cm³/mol. The lowest BCUT2D eigenvalue weighted by molar-refractivity contribution is -0.385. The van der Waals surface area contributed by atoms with Crippen molar-refractivity contribution in [2.45, 2.75) is 12.5 Å². The van der Waals surface area contributed by atoms with Crippen LogP contribution in [-0.4, -0.2) is 29.0 Å². The second-order valence-electron chi connectivity index (χ2n) is 3.23. The molecule has 2 N–H and O–H groups in total. The first-order valence-electron chi connectivity index (χ1n) is 4.58. The van der Waals surface area contributed by atoms with Crippen LogP contribution in [0.1, 0.15) is 5.56 Å². The highest BCUT2D eigenvalue weighted by molar-refractivity contribution is 6.30. The van der Waals surface area contributed by atoms with E-state index in [0.717, 1.165) is 6.20 Å². The van der Waals surface area contributed by atoms with Crippen molar-refractivity contribution in [3.63, 3.8) is 0 Å². The number of halogens is 1. The van der Waals surface area contributed by atoms with Gasteiger partial charge in [0.15, 0.2) is 0 Å². The van der Waals surface area contributed by atoms with E-state index in [2.05, 4.69) is 9.72 Å². The van der Waals surface area contributed by atoms with Gasteiger partial charge in [-0.1, -0.05) is 11.6 Å². The second kappa shape index (κ2) is 5.55. The van der Waals surface area contributed by atoms with Crippen molar-refractivity contribution in [2.75, 3.05) is 7.11 Å². The summed E-state index contributed by atoms with van der Waals surface area (Å²) in [5.74, 6) is -0.618. The molecular weight excluding hydrogens is 250 g/mol. The maximum absolute atomic E-state index is 11.1. The Labute approximate surface area is 102 Å². The maximum Gasteiger partial charge on any atom is 0.322 e. The number of ether oxygens (including phenoxy) is 1. The topological polar surface area (TPSA) is 108 Å². The molecular formula is C9H10ClN3O4. The van der Waals surface area contributed by atoms with Crippen molar-refractivity contribution in [3.05, 3.63) is 33.1 Å². The number of methoxy groups -OCH3 is 1. The summed E-state index contributed by atoms with van der Waals surface area (Å²) in [7, 11) is 1.20. The third-order valence-electron chi connectivity index (χ3n) is 2.05. The Kier molecular flexibility index (Phi) is 4.36. The Bertz CT molecular complexity index is 452. The number of carbonyl (C=O) groups excluding carboxylic acids is 1. The third kappa shape index (κ3) is 3.36. The van der Waals surface area contributed by atoms with Crippen LogP contribution in [0, 0.1) is 10.1 Å². The molecule has 0 unspecified atom stereocenters. The lowest BCUT2D eigenvalue weighted by Crippen LogP contribution is -2.33. The van der Waals surface area contributed by atoms with Crippen molar-refractivity contribution in [1.82, 2.24) is 4.98 Å². The molecule has 0 aromatic carbocycles. The number of hydrogen-bond acceptors (Lipinski definition) is 6. The van der Waals surface area contributed by atoms with Crippen molar-refractivity contribution in [3.8, 4) is 0 Å². The van der Waals surface area contributed by atoms with Crippen LogP contribution in [0.3, 0.4) is 0 Å². The second-order valence-corrected chi connectivity index (χ2v) is 3.59. The van der Waals surface area contributed by atoms with Gasteiger partial charge in [0.1, 0.15) is 17.4 Å². The van der Waals surface area contributed by atoms with Crippen LogP contribution in [0.2, 0.25) is 5.15 Å². The van der Waals surface area contributed by atoms with Crippen LogP contribution in [-0.2, 0) is 16.0 Å². The minimum absolute atomic E-state index is 0.0280. The van der Waals surface area contributed by atoms with Crippen LogP contribution in [0.5, 0.6) is 0 Å². The Morgan fingerprint density at radius 1 is 1.76 bits per heavy atom. The van der Waals surface area contributed by atoms with Gasteiger partial charge in [-0.3, -0.25) is 14.9 Å². The van der Waals surface area contributed by atoms with E-state index in [-0.39, 0.29) is 17.3 Å². The smallest absolute Gasteiger partial charge is 0.322 e. The van der Waals surface area contributed by atoms with Gasteiger partial charge in [0, 0.05) is 12.5 Å². The number of nitrogens with two attached hydrogens (primary N) is 1. The SMILES string of the molecule is COC(=O)[C@@H](N)Cc1cc([N+](=O)[O-])cnc1Cl. The third-order valence-corrected chi connectivity index (χ3v) is 2.39. The largest absolute Gasteiger partial charge is 0.468 e. The van der Waals surface area contributed by atoms with Gasteiger partial charge in [0.2, 0.25) is 0 Å². The van der Waals surface area contributed by atoms with Crippen LogP contribution >= 0.6 is 11.6 Å². The molecule has 8 heteroatoms. The molecule has 1 aromatic heterocycles. The molecule has 0 amide bonds. The molecule has 92 valence electrons. The van der Waals surface area contributed by atoms with Gasteiger partial charge < -0.3 is 10.5 Å². The summed E-state index contributed by atoms with van der Waals surface area (Å²) in [5, 5.41) is 10.6. The van der Waals surface area contributed by atoms with Gasteiger partial charge in [0.25, 0.3) is 5.69 Å². The fraction of sp³-hybridized carbons (Fsp3) is 0.333. The molecule has 1 heterocycles. The van der Waals surface area contributed by atoms with Crippen molar-refractivity contribution in [1.29, 1.82) is 0 Å². The van der Waals surface area contributed by atoms with Crippen molar-refractivity contribution < 1.29 is 14.5 Å². The molecule has 0 aliphatic carbocycles. The van der Waals surface area contributed by atoms with Crippen molar-refractivity contribution >= 4 is 23.3 Å². The summed E-state index contributed by atoms with van der Waals surface area (Å²) in [4.78, 5) is 24.7. The van der Waals surface area contributed by atoms with E-state index >= 15 is 0 Å². The fourth-order valence-corrected chi connectivity index (χ4v) is 1.38. The highest BCUT2D eigenvalue weighted by atomic mass is 35.5. The quantitative estimate of drug-likeness (QED) is 0.369. The first-order chi connectivity index (χ1) is 7.95. The molecule has 0 fully saturated rings. The Morgan fingerprint density at radius 2 is 2.41 bits per heavy atom. The monoisotopic (exact) mass is 259 g/mol. The number of nitro groups is 1. The molecule has 1 aromatic rings. The molecule has 1 rings (SSSR count). The zero-order chi connectivity index (χ0) is 13.0. The van der Waals surface area contributed by atoms with Crippen molar-refractivity contribution in [2.24, 2.45) is 5.73 Å². The minimum atomic E-state index is -0.929. The van der Waals surface area contributed by atoms with Crippen LogP contribution in [0.25, 0.3) is 0 Å². The van der Waals surface area contributed by atoms with Gasteiger partial charge in [-0.2, -0.15) is 0 Å². The standard InChI is InChI=1S/C9H10ClN3O4/c1-17-9(14)7(11)3-5-2-6(13(15)16)4-12-8(5)10/h2,4,7H,3,11H2,1H3/t7-/m0/s1. The molecule has 0 radical (unpaired) electrons. The highest BCUT2D eigenvalue weighted by Gasteiger charge is 2.18. The number of nitrogens with zero attached hydrogens (tertiary/aromatic N) is 2. The lowest BCUT2D eigenvalue weighted by atomic mass is 10.1. The highest BCUT2D eigenvalue weighted by Crippen LogP contribution is 2.20. The van der Waals surface area contributed by atoms with Crippen LogP contribution in [0.15, 0.2) is 12.3 Å². The lowest BCUT2D eigenvalue weighted by Gasteiger charge is -2.09. The minimum Gasteiger partial charge on any atom is -0.468 e. The van der Waals surface area contributed by atoms with E-state index in [0.29, 0.717) is 5.56 Å². The molecule has 7 nitrogen and oxygen atoms in total. The van der Waals surface area contributed by atoms with E-state index in [4.69, 9.17) is 17.3 Å². The Balaban J connectivity index is 2.93. The number of pyridine rings is 1. The summed E-state index contributed by atoms with van der Waals surface area (Å²) in [6.45, 7) is 0. The van der Waals surface area contributed by atoms with Crippen LogP contribution in [0.4, 0.5) is 5.69 Å². The predicted octanol–water partition coefficient (Wildman–Crippen LogP) is 0.686. The van der Waals surface area contributed by atoms with Gasteiger partial charge in [-0.05, 0) is 5.56 Å². The average molecular weight is 260 g/mol. The number of hydrogen-bond donors (Lipinski definition) is 1. The van der Waals surface area contributed by atoms with Gasteiger partial charge in [0.05, 0.1) is 12.0 Å². The Morgan fingerprint density at radius 3 is 2.94 bits per heavy atom. The molecule has 0 aliphatic rings. The van der Waals surface area contributed by atoms with E-state index in [1.807, 2.05) is 0 Å². The maximum atomic E-state index is 11.1. The normalized spacial score (nSPS) is 11.9. The summed E-state index contributed by atoms with van der Waals surface area (Å²) in [5.41, 5.74) is 5.65. The summed E-state index contributed by atoms with van der Waals surface area (Å²) >= 11 is 5.75. The molecule has 1 atom stereocenters. The van der Waals surface area contributed by atoms with Gasteiger partial charge in [-0.15, -0.1) is 0 Å². The molecule has 0 saturated carbocycles. The Hall–Kier alpha value is -1.73. The van der Waals surface area contributed by atoms with Crippen LogP contribution < -0.4 is 5.73 Å². The molecule has 0 bridgehead atoms. The zero-order valence-corrected chi connectivity index (χ0v) is 9.68. The first-order valence-corrected chi connectivity index (χ1v) is 4.95. The van der Waals surface area contributed by atoms with E-state index < -0.39 is 16.9 Å². The number of esters is 1. The van der Waals surface area contributed by atoms with Gasteiger partial charge >= 0.3 is 5.97 Å². The number of rotatable bonds is 4. The summed E-state index contributed by atoms with van der Waals surface area (Å²) in [6, 6.07) is 0.305. The van der Waals surface area contributed by atoms with E-state index in [1.54, 1.807) is 0 Å². The fourth-order valence-electron chi connectivity index (χ4n) is 1.20. The van der Waals surface area contributed by atoms with E-state index in [1.165, 1.54) is 13.2 Å². The molecule has 0 spiro atoms. The molecule has 17 heavy (non-hydrogen) atoms. The van der Waals surface area contributed by atoms with E-state index in [9.17, 15) is 14.9 Å². The number of aromatic nitrogens is 1. The first kappa shape index (κ1) is 13.3. The average Bonchev–Trinajstić information content (AvgIpc) is 2.30. The van der Waals surface area contributed by atoms with Gasteiger partial charge in [-0.25, -0.2) is 4.98 Å². The summed E-state index contributed by atoms with van der Waals surface area (Å²) in [6.07, 6.45) is 1.07.